The SMILES string of the molecule is COc1cnc(CBr)c(-c2ccccc2)c1. The van der Waals surface area contributed by atoms with Crippen LogP contribution in [0.2, 0.25) is 0 Å². The Labute approximate surface area is 103 Å². The highest BCUT2D eigenvalue weighted by molar-refractivity contribution is 9.08. The fourth-order valence-corrected chi connectivity index (χ4v) is 2.01. The van der Waals surface area contributed by atoms with E-state index in [1.165, 1.54) is 0 Å². The van der Waals surface area contributed by atoms with Gasteiger partial charge >= 0.3 is 0 Å². The number of aromatic nitrogens is 1. The predicted octanol–water partition coefficient (Wildman–Crippen LogP) is 3.65. The quantitative estimate of drug-likeness (QED) is 0.799. The molecule has 0 N–H and O–H groups in total. The largest absolute Gasteiger partial charge is 0.495 e. The Morgan fingerprint density at radius 2 is 2.00 bits per heavy atom. The van der Waals surface area contributed by atoms with E-state index in [0.717, 1.165) is 27.9 Å². The van der Waals surface area contributed by atoms with E-state index in [1.807, 2.05) is 24.3 Å². The highest BCUT2D eigenvalue weighted by atomic mass is 79.9. The minimum atomic E-state index is 0.737. The molecule has 0 atom stereocenters. The van der Waals surface area contributed by atoms with Gasteiger partial charge in [-0.15, -0.1) is 0 Å². The second-order valence-electron chi connectivity index (χ2n) is 3.37. The van der Waals surface area contributed by atoms with Gasteiger partial charge in [-0.2, -0.15) is 0 Å². The molecule has 0 aliphatic heterocycles. The molecule has 2 rings (SSSR count). The standard InChI is InChI=1S/C13H12BrNO/c1-16-11-7-12(13(8-14)15-9-11)10-5-3-2-4-6-10/h2-7,9H,8H2,1H3. The third-order valence-electron chi connectivity index (χ3n) is 2.39. The van der Waals surface area contributed by atoms with E-state index in [1.54, 1.807) is 13.3 Å². The lowest BCUT2D eigenvalue weighted by Crippen LogP contribution is -1.93. The number of rotatable bonds is 3. The lowest BCUT2D eigenvalue weighted by Gasteiger charge is -2.08. The van der Waals surface area contributed by atoms with E-state index >= 15 is 0 Å². The van der Waals surface area contributed by atoms with Gasteiger partial charge in [0.1, 0.15) is 5.75 Å². The van der Waals surface area contributed by atoms with Gasteiger partial charge < -0.3 is 4.74 Å². The molecule has 16 heavy (non-hydrogen) atoms. The van der Waals surface area contributed by atoms with Gasteiger partial charge in [0.25, 0.3) is 0 Å². The van der Waals surface area contributed by atoms with E-state index in [-0.39, 0.29) is 0 Å². The molecule has 0 saturated carbocycles. The molecule has 0 radical (unpaired) electrons. The van der Waals surface area contributed by atoms with Crippen molar-refractivity contribution in [1.82, 2.24) is 4.98 Å². The fourth-order valence-electron chi connectivity index (χ4n) is 1.56. The number of nitrogens with zero attached hydrogens (tertiary/aromatic N) is 1. The van der Waals surface area contributed by atoms with Crippen molar-refractivity contribution >= 4 is 15.9 Å². The van der Waals surface area contributed by atoms with Crippen LogP contribution >= 0.6 is 15.9 Å². The van der Waals surface area contributed by atoms with Gasteiger partial charge in [-0.1, -0.05) is 46.3 Å². The first-order valence-corrected chi connectivity index (χ1v) is 6.11. The summed E-state index contributed by atoms with van der Waals surface area (Å²) in [5.74, 6) is 0.781. The zero-order chi connectivity index (χ0) is 11.4. The average molecular weight is 278 g/mol. The van der Waals surface area contributed by atoms with Gasteiger partial charge in [0.2, 0.25) is 0 Å². The first-order chi connectivity index (χ1) is 7.85. The predicted molar refractivity (Wildman–Crippen MR) is 68.9 cm³/mol. The van der Waals surface area contributed by atoms with Crippen LogP contribution in [0.5, 0.6) is 5.75 Å². The molecule has 0 bridgehead atoms. The number of halogens is 1. The number of hydrogen-bond acceptors (Lipinski definition) is 2. The monoisotopic (exact) mass is 277 g/mol. The molecule has 0 fully saturated rings. The van der Waals surface area contributed by atoms with Gasteiger partial charge in [-0.05, 0) is 11.6 Å². The minimum Gasteiger partial charge on any atom is -0.495 e. The van der Waals surface area contributed by atoms with Gasteiger partial charge in [0.05, 0.1) is 19.0 Å². The maximum absolute atomic E-state index is 5.20. The zero-order valence-corrected chi connectivity index (χ0v) is 10.6. The van der Waals surface area contributed by atoms with Gasteiger partial charge in [0.15, 0.2) is 0 Å². The third kappa shape index (κ3) is 2.25. The molecule has 3 heteroatoms. The third-order valence-corrected chi connectivity index (χ3v) is 2.92. The Bertz CT molecular complexity index is 471. The number of benzene rings is 1. The Balaban J connectivity index is 2.53. The van der Waals surface area contributed by atoms with Gasteiger partial charge in [-0.3, -0.25) is 4.98 Å². The first-order valence-electron chi connectivity index (χ1n) is 4.99. The van der Waals surface area contributed by atoms with E-state index in [9.17, 15) is 0 Å². The topological polar surface area (TPSA) is 22.1 Å². The number of alkyl halides is 1. The van der Waals surface area contributed by atoms with Crippen LogP contribution in [0, 0.1) is 0 Å². The van der Waals surface area contributed by atoms with E-state index in [2.05, 4.69) is 33.0 Å². The van der Waals surface area contributed by atoms with Crippen LogP contribution in [0.15, 0.2) is 42.6 Å². The summed E-state index contributed by atoms with van der Waals surface area (Å²) in [6, 6.07) is 12.2. The molecule has 1 aromatic heterocycles. The number of ether oxygens (including phenoxy) is 1. The molecule has 1 heterocycles. The summed E-state index contributed by atoms with van der Waals surface area (Å²) in [7, 11) is 1.65. The Morgan fingerprint density at radius 3 is 2.62 bits per heavy atom. The van der Waals surface area contributed by atoms with Crippen LogP contribution < -0.4 is 4.74 Å². The van der Waals surface area contributed by atoms with Crippen LogP contribution in [0.4, 0.5) is 0 Å². The van der Waals surface area contributed by atoms with Crippen LogP contribution in [0.3, 0.4) is 0 Å². The van der Waals surface area contributed by atoms with Crippen molar-refractivity contribution < 1.29 is 4.74 Å². The van der Waals surface area contributed by atoms with Gasteiger partial charge in [-0.25, -0.2) is 0 Å². The molecule has 0 aliphatic rings. The normalized spacial score (nSPS) is 10.1. The Kier molecular flexibility index (Phi) is 3.57. The molecular formula is C13H12BrNO. The molecule has 0 unspecified atom stereocenters. The Hall–Kier alpha value is -1.35. The van der Waals surface area contributed by atoms with Crippen molar-refractivity contribution in [2.45, 2.75) is 5.33 Å². The molecule has 82 valence electrons. The highest BCUT2D eigenvalue weighted by Gasteiger charge is 2.06. The molecule has 0 amide bonds. The number of hydrogen-bond donors (Lipinski definition) is 0. The Morgan fingerprint density at radius 1 is 1.25 bits per heavy atom. The number of pyridine rings is 1. The van der Waals surface area contributed by atoms with E-state index in [0.29, 0.717) is 0 Å². The molecule has 1 aromatic carbocycles. The smallest absolute Gasteiger partial charge is 0.137 e. The molecule has 0 saturated heterocycles. The lowest BCUT2D eigenvalue weighted by atomic mass is 10.0. The second kappa shape index (κ2) is 5.12. The summed E-state index contributed by atoms with van der Waals surface area (Å²) in [4.78, 5) is 4.37. The highest BCUT2D eigenvalue weighted by Crippen LogP contribution is 2.27. The fraction of sp³-hybridized carbons (Fsp3) is 0.154. The molecule has 2 aromatic rings. The summed E-state index contributed by atoms with van der Waals surface area (Å²) in [6.07, 6.45) is 1.74. The molecule has 0 aliphatic carbocycles. The summed E-state index contributed by atoms with van der Waals surface area (Å²) in [5, 5.41) is 0.737. The molecule has 2 nitrogen and oxygen atoms in total. The summed E-state index contributed by atoms with van der Waals surface area (Å²) in [5.41, 5.74) is 3.28. The summed E-state index contributed by atoms with van der Waals surface area (Å²) < 4.78 is 5.20. The van der Waals surface area contributed by atoms with Gasteiger partial charge in [0, 0.05) is 10.9 Å². The summed E-state index contributed by atoms with van der Waals surface area (Å²) in [6.45, 7) is 0. The van der Waals surface area contributed by atoms with Crippen molar-refractivity contribution in [3.8, 4) is 16.9 Å². The van der Waals surface area contributed by atoms with Crippen molar-refractivity contribution in [3.05, 3.63) is 48.3 Å². The van der Waals surface area contributed by atoms with Crippen molar-refractivity contribution in [2.24, 2.45) is 0 Å². The maximum Gasteiger partial charge on any atom is 0.137 e. The maximum atomic E-state index is 5.20. The first kappa shape index (κ1) is 11.1. The molecule has 0 spiro atoms. The van der Waals surface area contributed by atoms with E-state index < -0.39 is 0 Å². The summed E-state index contributed by atoms with van der Waals surface area (Å²) >= 11 is 3.45. The van der Waals surface area contributed by atoms with Crippen LogP contribution in [-0.4, -0.2) is 12.1 Å². The van der Waals surface area contributed by atoms with Crippen LogP contribution in [-0.2, 0) is 5.33 Å². The molecular weight excluding hydrogens is 266 g/mol. The van der Waals surface area contributed by atoms with Crippen molar-refractivity contribution in [2.75, 3.05) is 7.11 Å². The number of methoxy groups -OCH3 is 1. The van der Waals surface area contributed by atoms with Crippen molar-refractivity contribution in [1.29, 1.82) is 0 Å². The van der Waals surface area contributed by atoms with Crippen molar-refractivity contribution in [3.63, 3.8) is 0 Å². The van der Waals surface area contributed by atoms with Crippen LogP contribution in [0.1, 0.15) is 5.69 Å². The second-order valence-corrected chi connectivity index (χ2v) is 3.93. The van der Waals surface area contributed by atoms with Crippen LogP contribution in [0.25, 0.3) is 11.1 Å². The lowest BCUT2D eigenvalue weighted by molar-refractivity contribution is 0.413. The average Bonchev–Trinajstić information content (AvgIpc) is 2.39. The minimum absolute atomic E-state index is 0.737. The zero-order valence-electron chi connectivity index (χ0n) is 8.98. The van der Waals surface area contributed by atoms with E-state index in [4.69, 9.17) is 4.74 Å².